The van der Waals surface area contributed by atoms with E-state index in [4.69, 9.17) is 29.6 Å². The maximum absolute atomic E-state index is 11.4. The molecule has 0 radical (unpaired) electrons. The number of alkyl carbamates (subject to hydrolysis) is 1. The monoisotopic (exact) mass is 405 g/mol. The van der Waals surface area contributed by atoms with Crippen molar-refractivity contribution in [1.82, 2.24) is 10.2 Å². The second-order valence-corrected chi connectivity index (χ2v) is 6.49. The third-order valence-corrected chi connectivity index (χ3v) is 2.97. The van der Waals surface area contributed by atoms with Crippen LogP contribution in [0.25, 0.3) is 10.4 Å². The highest BCUT2D eigenvalue weighted by Crippen LogP contribution is 2.06. The summed E-state index contributed by atoms with van der Waals surface area (Å²) in [5.74, 6) is 0. The van der Waals surface area contributed by atoms with E-state index in [2.05, 4.69) is 15.3 Å². The molecule has 0 aromatic carbocycles. The average Bonchev–Trinajstić information content (AvgIpc) is 2.59. The molecule has 0 aromatic rings. The Hall–Kier alpha value is -2.27. The number of carbonyl (C=O) groups excluding carboxylic acids is 1. The number of azide groups is 1. The van der Waals surface area contributed by atoms with E-state index in [0.717, 1.165) is 0 Å². The van der Waals surface area contributed by atoms with E-state index in [9.17, 15) is 9.59 Å². The van der Waals surface area contributed by atoms with Crippen LogP contribution in [0.1, 0.15) is 20.8 Å². The molecule has 0 unspecified atom stereocenters. The van der Waals surface area contributed by atoms with E-state index < -0.39 is 17.8 Å². The molecular formula is C16H31N5O7. The normalized spacial score (nSPS) is 10.8. The molecule has 0 saturated heterocycles. The lowest BCUT2D eigenvalue weighted by Gasteiger charge is -2.19. The van der Waals surface area contributed by atoms with Gasteiger partial charge in [0.2, 0.25) is 0 Å². The van der Waals surface area contributed by atoms with Crippen LogP contribution >= 0.6 is 0 Å². The molecule has 0 aliphatic carbocycles. The van der Waals surface area contributed by atoms with Gasteiger partial charge < -0.3 is 34.3 Å². The van der Waals surface area contributed by atoms with Crippen molar-refractivity contribution in [3.63, 3.8) is 0 Å². The van der Waals surface area contributed by atoms with E-state index in [1.165, 1.54) is 4.90 Å². The molecule has 0 bridgehead atoms. The van der Waals surface area contributed by atoms with Gasteiger partial charge in [-0.05, 0) is 26.3 Å². The second-order valence-electron chi connectivity index (χ2n) is 6.49. The molecule has 0 rings (SSSR count). The third kappa shape index (κ3) is 17.2. The first-order chi connectivity index (χ1) is 13.3. The molecule has 162 valence electrons. The number of nitrogens with one attached hydrogen (secondary N) is 1. The quantitative estimate of drug-likeness (QED) is 0.182. The van der Waals surface area contributed by atoms with Crippen LogP contribution in [-0.2, 0) is 18.9 Å². The number of amides is 2. The lowest BCUT2D eigenvalue weighted by atomic mass is 10.2. The predicted octanol–water partition coefficient (Wildman–Crippen LogP) is 1.85. The zero-order chi connectivity index (χ0) is 21.3. The van der Waals surface area contributed by atoms with Crippen LogP contribution in [0.3, 0.4) is 0 Å². The fraction of sp³-hybridized carbons (Fsp3) is 0.875. The summed E-state index contributed by atoms with van der Waals surface area (Å²) in [5, 5.41) is 15.0. The maximum atomic E-state index is 11.4. The topological polar surface area (TPSA) is 155 Å². The van der Waals surface area contributed by atoms with Crippen LogP contribution in [0.15, 0.2) is 5.11 Å². The number of carboxylic acid groups (broad SMARTS) is 1. The van der Waals surface area contributed by atoms with Gasteiger partial charge in [0.05, 0.1) is 39.6 Å². The molecular weight excluding hydrogens is 374 g/mol. The SMILES string of the molecule is CC(C)(C)OC(=O)NCCOCCOCCN(CCOCCN=[N+]=[N-])C(=O)O. The molecule has 2 amide bonds. The van der Waals surface area contributed by atoms with Gasteiger partial charge in [-0.3, -0.25) is 0 Å². The van der Waals surface area contributed by atoms with E-state index in [0.29, 0.717) is 26.4 Å². The molecule has 0 spiro atoms. The zero-order valence-corrected chi connectivity index (χ0v) is 16.8. The smallest absolute Gasteiger partial charge is 0.407 e. The number of carbonyl (C=O) groups is 2. The maximum Gasteiger partial charge on any atom is 0.407 e. The molecule has 0 fully saturated rings. The molecule has 12 nitrogen and oxygen atoms in total. The minimum atomic E-state index is -1.06. The summed E-state index contributed by atoms with van der Waals surface area (Å²) in [5.41, 5.74) is 7.58. The first-order valence-electron chi connectivity index (χ1n) is 8.95. The first-order valence-corrected chi connectivity index (χ1v) is 8.95. The Bertz CT molecular complexity index is 492. The molecule has 12 heteroatoms. The number of nitrogens with zero attached hydrogens (tertiary/aromatic N) is 4. The Labute approximate surface area is 164 Å². The fourth-order valence-corrected chi connectivity index (χ4v) is 1.77. The van der Waals surface area contributed by atoms with Crippen molar-refractivity contribution in [1.29, 1.82) is 0 Å². The van der Waals surface area contributed by atoms with Gasteiger partial charge in [0.1, 0.15) is 5.60 Å². The minimum absolute atomic E-state index is 0.196. The number of hydrogen-bond donors (Lipinski definition) is 2. The fourth-order valence-electron chi connectivity index (χ4n) is 1.77. The highest BCUT2D eigenvalue weighted by atomic mass is 16.6. The summed E-state index contributed by atoms with van der Waals surface area (Å²) in [4.78, 5) is 26.3. The van der Waals surface area contributed by atoms with Gasteiger partial charge in [0.15, 0.2) is 0 Å². The molecule has 0 heterocycles. The Balaban J connectivity index is 3.61. The summed E-state index contributed by atoms with van der Waals surface area (Å²) < 4.78 is 20.9. The van der Waals surface area contributed by atoms with Crippen molar-refractivity contribution in [3.05, 3.63) is 10.4 Å². The minimum Gasteiger partial charge on any atom is -0.465 e. The van der Waals surface area contributed by atoms with Gasteiger partial charge in [-0.2, -0.15) is 0 Å². The lowest BCUT2D eigenvalue weighted by Crippen LogP contribution is -2.36. The van der Waals surface area contributed by atoms with Gasteiger partial charge >= 0.3 is 12.2 Å². The van der Waals surface area contributed by atoms with E-state index >= 15 is 0 Å². The third-order valence-electron chi connectivity index (χ3n) is 2.97. The summed E-state index contributed by atoms with van der Waals surface area (Å²) >= 11 is 0. The molecule has 0 aliphatic heterocycles. The molecule has 2 N–H and O–H groups in total. The Morgan fingerprint density at radius 2 is 1.61 bits per heavy atom. The number of ether oxygens (including phenoxy) is 4. The molecule has 28 heavy (non-hydrogen) atoms. The summed E-state index contributed by atoms with van der Waals surface area (Å²) in [6.45, 7) is 7.91. The van der Waals surface area contributed by atoms with Gasteiger partial charge in [0, 0.05) is 31.1 Å². The molecule has 0 aliphatic rings. The molecule has 0 atom stereocenters. The summed E-state index contributed by atoms with van der Waals surface area (Å²) in [6.07, 6.45) is -1.56. The Kier molecular flexibility index (Phi) is 14.5. The number of hydrogen-bond acceptors (Lipinski definition) is 7. The highest BCUT2D eigenvalue weighted by molar-refractivity contribution is 5.67. The summed E-state index contributed by atoms with van der Waals surface area (Å²) in [7, 11) is 0. The van der Waals surface area contributed by atoms with E-state index in [-0.39, 0.29) is 39.5 Å². The van der Waals surface area contributed by atoms with Crippen LogP contribution in [0.5, 0.6) is 0 Å². The second kappa shape index (κ2) is 15.8. The Morgan fingerprint density at radius 3 is 2.14 bits per heavy atom. The molecule has 0 saturated carbocycles. The van der Waals surface area contributed by atoms with Crippen LogP contribution < -0.4 is 5.32 Å². The van der Waals surface area contributed by atoms with Crippen molar-refractivity contribution < 1.29 is 33.6 Å². The van der Waals surface area contributed by atoms with Gasteiger partial charge in [0.25, 0.3) is 0 Å². The molecule has 0 aromatic heterocycles. The van der Waals surface area contributed by atoms with Crippen LogP contribution in [0.4, 0.5) is 9.59 Å². The van der Waals surface area contributed by atoms with Crippen molar-refractivity contribution in [2.75, 3.05) is 65.8 Å². The van der Waals surface area contributed by atoms with E-state index in [1.54, 1.807) is 20.8 Å². The number of rotatable bonds is 15. The lowest BCUT2D eigenvalue weighted by molar-refractivity contribution is 0.0316. The zero-order valence-electron chi connectivity index (χ0n) is 16.8. The van der Waals surface area contributed by atoms with E-state index in [1.807, 2.05) is 0 Å². The first kappa shape index (κ1) is 25.7. The van der Waals surface area contributed by atoms with Gasteiger partial charge in [-0.1, -0.05) is 5.11 Å². The van der Waals surface area contributed by atoms with Crippen LogP contribution in [0.2, 0.25) is 0 Å². The van der Waals surface area contributed by atoms with Gasteiger partial charge in [-0.15, -0.1) is 0 Å². The van der Waals surface area contributed by atoms with Crippen LogP contribution in [0, 0.1) is 0 Å². The van der Waals surface area contributed by atoms with Crippen molar-refractivity contribution >= 4 is 12.2 Å². The van der Waals surface area contributed by atoms with Crippen molar-refractivity contribution in [2.24, 2.45) is 5.11 Å². The van der Waals surface area contributed by atoms with Crippen LogP contribution in [-0.4, -0.2) is 93.6 Å². The summed E-state index contributed by atoms with van der Waals surface area (Å²) in [6, 6.07) is 0. The van der Waals surface area contributed by atoms with Gasteiger partial charge in [-0.25, -0.2) is 9.59 Å². The van der Waals surface area contributed by atoms with Crippen molar-refractivity contribution in [2.45, 2.75) is 26.4 Å². The largest absolute Gasteiger partial charge is 0.465 e. The van der Waals surface area contributed by atoms with Crippen molar-refractivity contribution in [3.8, 4) is 0 Å². The average molecular weight is 405 g/mol. The predicted molar refractivity (Wildman–Crippen MR) is 100 cm³/mol. The standard InChI is InChI=1S/C16H31N5O7/c1-16(2,3)28-14(22)18-4-8-26-12-13-27-11-7-21(15(23)24)6-10-25-9-5-19-20-17/h4-13H2,1-3H3,(H,18,22)(H,23,24). The Morgan fingerprint density at radius 1 is 1.04 bits per heavy atom. The highest BCUT2D eigenvalue weighted by Gasteiger charge is 2.15.